The Morgan fingerprint density at radius 2 is 2.00 bits per heavy atom. The zero-order valence-electron chi connectivity index (χ0n) is 12.3. The van der Waals surface area contributed by atoms with Gasteiger partial charge in [0.25, 0.3) is 0 Å². The van der Waals surface area contributed by atoms with Crippen LogP contribution in [0.2, 0.25) is 0 Å². The van der Waals surface area contributed by atoms with Crippen molar-refractivity contribution in [1.29, 1.82) is 0 Å². The molecule has 0 aromatic rings. The highest BCUT2D eigenvalue weighted by Gasteiger charge is 2.30. The van der Waals surface area contributed by atoms with Crippen LogP contribution in [0.4, 0.5) is 0 Å². The Morgan fingerprint density at radius 3 is 2.39 bits per heavy atom. The number of likely N-dealkylation sites (tertiary alicyclic amines) is 1. The van der Waals surface area contributed by atoms with Crippen molar-refractivity contribution in [3.05, 3.63) is 0 Å². The minimum absolute atomic E-state index is 0.262. The number of nitrogens with one attached hydrogen (secondary N) is 1. The standard InChI is InChI=1S/C14H29N3O/c1-11(2)12-5-8-17(9-6-12)10-7-14(3,16-4)13(15)18/h11-12,16H,5-10H2,1-4H3,(H2,15,18). The summed E-state index contributed by atoms with van der Waals surface area (Å²) in [7, 11) is 1.80. The van der Waals surface area contributed by atoms with E-state index < -0.39 is 5.54 Å². The number of rotatable bonds is 6. The molecule has 0 radical (unpaired) electrons. The highest BCUT2D eigenvalue weighted by Crippen LogP contribution is 2.24. The van der Waals surface area contributed by atoms with Gasteiger partial charge in [-0.2, -0.15) is 0 Å². The maximum Gasteiger partial charge on any atom is 0.237 e. The van der Waals surface area contributed by atoms with E-state index in [-0.39, 0.29) is 5.91 Å². The van der Waals surface area contributed by atoms with E-state index in [2.05, 4.69) is 24.1 Å². The summed E-state index contributed by atoms with van der Waals surface area (Å²) in [5.41, 5.74) is 4.86. The first-order valence-corrected chi connectivity index (χ1v) is 7.10. The van der Waals surface area contributed by atoms with Crippen LogP contribution in [0.5, 0.6) is 0 Å². The third kappa shape index (κ3) is 3.95. The van der Waals surface area contributed by atoms with E-state index in [0.717, 1.165) is 37.9 Å². The summed E-state index contributed by atoms with van der Waals surface area (Å²) < 4.78 is 0. The average molecular weight is 255 g/mol. The van der Waals surface area contributed by atoms with Gasteiger partial charge in [0.1, 0.15) is 0 Å². The molecule has 1 aliphatic rings. The molecule has 0 spiro atoms. The fraction of sp³-hybridized carbons (Fsp3) is 0.929. The Balaban J connectivity index is 2.35. The van der Waals surface area contributed by atoms with Crippen molar-refractivity contribution in [2.24, 2.45) is 17.6 Å². The van der Waals surface area contributed by atoms with Crippen LogP contribution < -0.4 is 11.1 Å². The molecule has 1 aliphatic heterocycles. The van der Waals surface area contributed by atoms with E-state index in [1.807, 2.05) is 6.92 Å². The monoisotopic (exact) mass is 255 g/mol. The zero-order chi connectivity index (χ0) is 13.8. The molecule has 1 atom stereocenters. The van der Waals surface area contributed by atoms with E-state index >= 15 is 0 Å². The van der Waals surface area contributed by atoms with Crippen molar-refractivity contribution in [2.45, 2.75) is 45.6 Å². The third-order valence-electron chi connectivity index (χ3n) is 4.60. The second kappa shape index (κ2) is 6.53. The molecule has 1 fully saturated rings. The van der Waals surface area contributed by atoms with Crippen LogP contribution in [-0.4, -0.2) is 43.0 Å². The summed E-state index contributed by atoms with van der Waals surface area (Å²) in [5.74, 6) is 1.40. The van der Waals surface area contributed by atoms with Crippen molar-refractivity contribution in [1.82, 2.24) is 10.2 Å². The summed E-state index contributed by atoms with van der Waals surface area (Å²) in [6, 6.07) is 0. The number of hydrogen-bond donors (Lipinski definition) is 2. The summed E-state index contributed by atoms with van der Waals surface area (Å²) in [4.78, 5) is 13.9. The molecule has 0 aromatic carbocycles. The largest absolute Gasteiger partial charge is 0.368 e. The lowest BCUT2D eigenvalue weighted by Crippen LogP contribution is -2.53. The predicted molar refractivity (Wildman–Crippen MR) is 75.3 cm³/mol. The normalized spacial score (nSPS) is 22.1. The van der Waals surface area contributed by atoms with Gasteiger partial charge in [-0.25, -0.2) is 0 Å². The molecular weight excluding hydrogens is 226 g/mol. The minimum Gasteiger partial charge on any atom is -0.368 e. The summed E-state index contributed by atoms with van der Waals surface area (Å²) in [5, 5.41) is 3.04. The lowest BCUT2D eigenvalue weighted by Gasteiger charge is -2.36. The SMILES string of the molecule is CNC(C)(CCN1CCC(C(C)C)CC1)C(N)=O. The molecule has 3 N–H and O–H groups in total. The van der Waals surface area contributed by atoms with E-state index in [4.69, 9.17) is 5.73 Å². The molecule has 4 heteroatoms. The van der Waals surface area contributed by atoms with Crippen LogP contribution in [-0.2, 0) is 4.79 Å². The van der Waals surface area contributed by atoms with Crippen LogP contribution in [0.15, 0.2) is 0 Å². The summed E-state index contributed by atoms with van der Waals surface area (Å²) in [6.07, 6.45) is 3.35. The molecule has 1 rings (SSSR count). The van der Waals surface area contributed by atoms with Crippen molar-refractivity contribution >= 4 is 5.91 Å². The lowest BCUT2D eigenvalue weighted by atomic mass is 9.86. The topological polar surface area (TPSA) is 58.4 Å². The molecule has 1 unspecified atom stereocenters. The van der Waals surface area contributed by atoms with Gasteiger partial charge in [-0.15, -0.1) is 0 Å². The molecule has 1 heterocycles. The first-order chi connectivity index (χ1) is 8.39. The van der Waals surface area contributed by atoms with Crippen LogP contribution in [0, 0.1) is 11.8 Å². The molecular formula is C14H29N3O. The zero-order valence-corrected chi connectivity index (χ0v) is 12.3. The number of carbonyl (C=O) groups is 1. The fourth-order valence-electron chi connectivity index (χ4n) is 2.60. The summed E-state index contributed by atoms with van der Waals surface area (Å²) in [6.45, 7) is 9.76. The molecule has 0 aliphatic carbocycles. The van der Waals surface area contributed by atoms with Gasteiger partial charge in [-0.1, -0.05) is 13.8 Å². The number of likely N-dealkylation sites (N-methyl/N-ethyl adjacent to an activating group) is 1. The van der Waals surface area contributed by atoms with Gasteiger partial charge < -0.3 is 16.0 Å². The van der Waals surface area contributed by atoms with Crippen LogP contribution in [0.3, 0.4) is 0 Å². The number of piperidine rings is 1. The molecule has 0 saturated carbocycles. The van der Waals surface area contributed by atoms with Gasteiger partial charge in [0.2, 0.25) is 5.91 Å². The molecule has 1 saturated heterocycles. The molecule has 106 valence electrons. The smallest absolute Gasteiger partial charge is 0.237 e. The van der Waals surface area contributed by atoms with E-state index in [9.17, 15) is 4.79 Å². The third-order valence-corrected chi connectivity index (χ3v) is 4.60. The first-order valence-electron chi connectivity index (χ1n) is 7.10. The Hall–Kier alpha value is -0.610. The van der Waals surface area contributed by atoms with E-state index in [1.165, 1.54) is 12.8 Å². The van der Waals surface area contributed by atoms with Crippen molar-refractivity contribution in [3.8, 4) is 0 Å². The van der Waals surface area contributed by atoms with Gasteiger partial charge in [-0.05, 0) is 58.2 Å². The van der Waals surface area contributed by atoms with Crippen molar-refractivity contribution in [3.63, 3.8) is 0 Å². The van der Waals surface area contributed by atoms with Crippen LogP contribution in [0.25, 0.3) is 0 Å². The van der Waals surface area contributed by atoms with E-state index in [0.29, 0.717) is 0 Å². The maximum absolute atomic E-state index is 11.4. The Kier molecular flexibility index (Phi) is 5.60. The highest BCUT2D eigenvalue weighted by molar-refractivity contribution is 5.84. The van der Waals surface area contributed by atoms with Gasteiger partial charge >= 0.3 is 0 Å². The van der Waals surface area contributed by atoms with E-state index in [1.54, 1.807) is 7.05 Å². The number of nitrogens with two attached hydrogens (primary N) is 1. The number of primary amides is 1. The molecule has 18 heavy (non-hydrogen) atoms. The van der Waals surface area contributed by atoms with Gasteiger partial charge in [0.05, 0.1) is 5.54 Å². The molecule has 1 amide bonds. The van der Waals surface area contributed by atoms with Gasteiger partial charge in [0, 0.05) is 6.54 Å². The van der Waals surface area contributed by atoms with Gasteiger partial charge in [0.15, 0.2) is 0 Å². The Labute approximate surface area is 111 Å². The Morgan fingerprint density at radius 1 is 1.44 bits per heavy atom. The lowest BCUT2D eigenvalue weighted by molar-refractivity contribution is -0.124. The second-order valence-corrected chi connectivity index (χ2v) is 6.12. The van der Waals surface area contributed by atoms with Crippen LogP contribution in [0.1, 0.15) is 40.0 Å². The van der Waals surface area contributed by atoms with Gasteiger partial charge in [-0.3, -0.25) is 4.79 Å². The molecule has 4 nitrogen and oxygen atoms in total. The number of nitrogens with zero attached hydrogens (tertiary/aromatic N) is 1. The Bertz CT molecular complexity index is 272. The fourth-order valence-corrected chi connectivity index (χ4v) is 2.60. The highest BCUT2D eigenvalue weighted by atomic mass is 16.1. The summed E-state index contributed by atoms with van der Waals surface area (Å²) >= 11 is 0. The van der Waals surface area contributed by atoms with Crippen molar-refractivity contribution in [2.75, 3.05) is 26.7 Å². The quantitative estimate of drug-likeness (QED) is 0.750. The number of amides is 1. The minimum atomic E-state index is -0.575. The molecule has 0 aromatic heterocycles. The maximum atomic E-state index is 11.4. The average Bonchev–Trinajstić information content (AvgIpc) is 2.36. The predicted octanol–water partition coefficient (Wildman–Crippen LogP) is 1.21. The number of carbonyl (C=O) groups excluding carboxylic acids is 1. The first kappa shape index (κ1) is 15.4. The van der Waals surface area contributed by atoms with Crippen LogP contribution >= 0.6 is 0 Å². The van der Waals surface area contributed by atoms with Crippen molar-refractivity contribution < 1.29 is 4.79 Å². The molecule has 0 bridgehead atoms. The second-order valence-electron chi connectivity index (χ2n) is 6.12. The number of hydrogen-bond acceptors (Lipinski definition) is 3.